The van der Waals surface area contributed by atoms with E-state index in [9.17, 15) is 8.78 Å². The summed E-state index contributed by atoms with van der Waals surface area (Å²) in [6.07, 6.45) is 3.10. The summed E-state index contributed by atoms with van der Waals surface area (Å²) < 4.78 is 26.7. The van der Waals surface area contributed by atoms with E-state index in [-0.39, 0.29) is 11.3 Å². The van der Waals surface area contributed by atoms with Crippen LogP contribution in [0, 0.1) is 23.0 Å². The van der Waals surface area contributed by atoms with Gasteiger partial charge in [0.15, 0.2) is 0 Å². The lowest BCUT2D eigenvalue weighted by Gasteiger charge is -2.40. The molecule has 0 spiro atoms. The molecule has 2 rings (SSSR count). The smallest absolute Gasteiger partial charge is 0.126 e. The Hall–Kier alpha value is -0.960. The molecule has 1 aliphatic carbocycles. The molecule has 2 N–H and O–H groups in total. The van der Waals surface area contributed by atoms with Crippen molar-refractivity contribution >= 4 is 0 Å². The molecule has 1 fully saturated rings. The first-order chi connectivity index (χ1) is 8.41. The van der Waals surface area contributed by atoms with Crippen LogP contribution in [0.2, 0.25) is 0 Å². The normalized spacial score (nSPS) is 27.2. The zero-order chi connectivity index (χ0) is 13.3. The lowest BCUT2D eigenvalue weighted by atomic mass is 9.65. The van der Waals surface area contributed by atoms with Crippen molar-refractivity contribution in [2.24, 2.45) is 17.1 Å². The van der Waals surface area contributed by atoms with Crippen LogP contribution in [0.4, 0.5) is 8.78 Å². The van der Waals surface area contributed by atoms with E-state index in [0.717, 1.165) is 30.9 Å². The second-order valence-electron chi connectivity index (χ2n) is 6.21. The monoisotopic (exact) mass is 253 g/mol. The minimum absolute atomic E-state index is 0.170. The lowest BCUT2D eigenvalue weighted by Crippen LogP contribution is -2.32. The molecule has 0 radical (unpaired) electrons. The zero-order valence-corrected chi connectivity index (χ0v) is 11.0. The fraction of sp³-hybridized carbons (Fsp3) is 0.600. The van der Waals surface area contributed by atoms with Crippen LogP contribution in [-0.2, 0) is 0 Å². The Morgan fingerprint density at radius 3 is 2.39 bits per heavy atom. The fourth-order valence-corrected chi connectivity index (χ4v) is 3.10. The van der Waals surface area contributed by atoms with E-state index in [0.29, 0.717) is 12.5 Å². The van der Waals surface area contributed by atoms with Crippen LogP contribution in [0.15, 0.2) is 18.2 Å². The highest BCUT2D eigenvalue weighted by Crippen LogP contribution is 2.46. The van der Waals surface area contributed by atoms with Gasteiger partial charge in [-0.15, -0.1) is 0 Å². The molecule has 0 amide bonds. The van der Waals surface area contributed by atoms with Crippen molar-refractivity contribution in [1.29, 1.82) is 0 Å². The summed E-state index contributed by atoms with van der Waals surface area (Å²) in [5.41, 5.74) is 6.79. The first-order valence-electron chi connectivity index (χ1n) is 6.57. The number of rotatable bonds is 2. The average Bonchev–Trinajstić information content (AvgIpc) is 2.26. The molecular weight excluding hydrogens is 232 g/mol. The van der Waals surface area contributed by atoms with E-state index in [2.05, 4.69) is 13.8 Å². The molecule has 1 aromatic carbocycles. The van der Waals surface area contributed by atoms with Gasteiger partial charge in [-0.3, -0.25) is 0 Å². The molecule has 1 aromatic rings. The third-order valence-corrected chi connectivity index (χ3v) is 4.15. The molecule has 2 unspecified atom stereocenters. The van der Waals surface area contributed by atoms with Crippen molar-refractivity contribution < 1.29 is 8.78 Å². The lowest BCUT2D eigenvalue weighted by molar-refractivity contribution is 0.165. The largest absolute Gasteiger partial charge is 0.330 e. The maximum Gasteiger partial charge on any atom is 0.126 e. The first kappa shape index (κ1) is 13.5. The van der Waals surface area contributed by atoms with E-state index >= 15 is 0 Å². The predicted molar refractivity (Wildman–Crippen MR) is 69.3 cm³/mol. The van der Waals surface area contributed by atoms with Gasteiger partial charge in [0.05, 0.1) is 0 Å². The number of hydrogen-bond donors (Lipinski definition) is 1. The minimum atomic E-state index is -0.496. The average molecular weight is 253 g/mol. The Morgan fingerprint density at radius 2 is 1.83 bits per heavy atom. The summed E-state index contributed by atoms with van der Waals surface area (Å²) in [7, 11) is 0. The molecule has 0 heterocycles. The second kappa shape index (κ2) is 4.96. The van der Waals surface area contributed by atoms with Gasteiger partial charge in [-0.2, -0.15) is 0 Å². The summed E-state index contributed by atoms with van der Waals surface area (Å²) >= 11 is 0. The van der Waals surface area contributed by atoms with Crippen LogP contribution in [0.25, 0.3) is 0 Å². The van der Waals surface area contributed by atoms with Gasteiger partial charge in [-0.05, 0) is 60.8 Å². The molecular formula is C15H21F2N. The Labute approximate surface area is 107 Å². The summed E-state index contributed by atoms with van der Waals surface area (Å²) in [5.74, 6) is -0.489. The van der Waals surface area contributed by atoms with Gasteiger partial charge >= 0.3 is 0 Å². The molecule has 0 aromatic heterocycles. The molecule has 0 bridgehead atoms. The molecule has 100 valence electrons. The van der Waals surface area contributed by atoms with Crippen molar-refractivity contribution in [2.45, 2.75) is 39.0 Å². The third-order valence-electron chi connectivity index (χ3n) is 4.15. The Bertz CT molecular complexity index is 408. The number of hydrogen-bond acceptors (Lipinski definition) is 1. The summed E-state index contributed by atoms with van der Waals surface area (Å²) in [6, 6.07) is 3.84. The van der Waals surface area contributed by atoms with Gasteiger partial charge < -0.3 is 5.73 Å². The Kier molecular flexibility index (Phi) is 3.71. The van der Waals surface area contributed by atoms with Crippen LogP contribution in [0.5, 0.6) is 0 Å². The van der Waals surface area contributed by atoms with Gasteiger partial charge in [0.2, 0.25) is 0 Å². The topological polar surface area (TPSA) is 26.0 Å². The van der Waals surface area contributed by atoms with E-state index < -0.39 is 11.6 Å². The summed E-state index contributed by atoms with van der Waals surface area (Å²) in [4.78, 5) is 0. The number of nitrogens with two attached hydrogens (primary N) is 1. The number of halogens is 2. The third kappa shape index (κ3) is 2.89. The highest BCUT2D eigenvalue weighted by Gasteiger charge is 2.35. The van der Waals surface area contributed by atoms with E-state index in [1.165, 1.54) is 12.1 Å². The van der Waals surface area contributed by atoms with Gasteiger partial charge in [0, 0.05) is 6.07 Å². The Balaban J connectivity index is 2.32. The Morgan fingerprint density at radius 1 is 1.22 bits per heavy atom. The second-order valence-corrected chi connectivity index (χ2v) is 6.21. The van der Waals surface area contributed by atoms with E-state index in [1.807, 2.05) is 0 Å². The molecule has 1 nitrogen and oxygen atoms in total. The van der Waals surface area contributed by atoms with Crippen molar-refractivity contribution in [1.82, 2.24) is 0 Å². The minimum Gasteiger partial charge on any atom is -0.330 e. The van der Waals surface area contributed by atoms with Gasteiger partial charge in [-0.1, -0.05) is 13.8 Å². The molecule has 1 saturated carbocycles. The number of benzene rings is 1. The summed E-state index contributed by atoms with van der Waals surface area (Å²) in [6.45, 7) is 5.00. The van der Waals surface area contributed by atoms with Crippen LogP contribution in [0.3, 0.4) is 0 Å². The van der Waals surface area contributed by atoms with Gasteiger partial charge in [0.25, 0.3) is 0 Å². The molecule has 0 saturated heterocycles. The fourth-order valence-electron chi connectivity index (χ4n) is 3.10. The van der Waals surface area contributed by atoms with Gasteiger partial charge in [0.1, 0.15) is 11.6 Å². The van der Waals surface area contributed by atoms with Crippen molar-refractivity contribution in [3.63, 3.8) is 0 Å². The van der Waals surface area contributed by atoms with Crippen LogP contribution < -0.4 is 5.73 Å². The van der Waals surface area contributed by atoms with E-state index in [4.69, 9.17) is 5.73 Å². The van der Waals surface area contributed by atoms with Crippen molar-refractivity contribution in [2.75, 3.05) is 6.54 Å². The molecule has 18 heavy (non-hydrogen) atoms. The SMILES string of the molecule is CC1(C)CCC(CN)C(c2cc(F)cc(F)c2)C1. The van der Waals surface area contributed by atoms with E-state index in [1.54, 1.807) is 0 Å². The first-order valence-corrected chi connectivity index (χ1v) is 6.57. The maximum atomic E-state index is 13.3. The van der Waals surface area contributed by atoms with Crippen LogP contribution >= 0.6 is 0 Å². The molecule has 2 atom stereocenters. The zero-order valence-electron chi connectivity index (χ0n) is 11.0. The van der Waals surface area contributed by atoms with Gasteiger partial charge in [-0.25, -0.2) is 8.78 Å². The van der Waals surface area contributed by atoms with Crippen LogP contribution in [-0.4, -0.2) is 6.54 Å². The van der Waals surface area contributed by atoms with Crippen molar-refractivity contribution in [3.8, 4) is 0 Å². The highest BCUT2D eigenvalue weighted by atomic mass is 19.1. The van der Waals surface area contributed by atoms with Crippen molar-refractivity contribution in [3.05, 3.63) is 35.4 Å². The predicted octanol–water partition coefficient (Wildman–Crippen LogP) is 3.83. The summed E-state index contributed by atoms with van der Waals surface area (Å²) in [5, 5.41) is 0. The standard InChI is InChI=1S/C15H21F2N/c1-15(2)4-3-10(9-18)14(8-15)11-5-12(16)7-13(17)6-11/h5-7,10,14H,3-4,8-9,18H2,1-2H3. The maximum absolute atomic E-state index is 13.3. The molecule has 3 heteroatoms. The van der Waals surface area contributed by atoms with Crippen LogP contribution in [0.1, 0.15) is 44.6 Å². The molecule has 0 aliphatic heterocycles. The quantitative estimate of drug-likeness (QED) is 0.851. The molecule has 1 aliphatic rings. The highest BCUT2D eigenvalue weighted by molar-refractivity contribution is 5.24.